The smallest absolute Gasteiger partial charge is 0.140 e. The lowest BCUT2D eigenvalue weighted by molar-refractivity contribution is 0.0945. The van der Waals surface area contributed by atoms with E-state index in [1.165, 1.54) is 0 Å². The normalized spacial score (nSPS) is 21.2. The van der Waals surface area contributed by atoms with Crippen LogP contribution in [0.1, 0.15) is 5.56 Å². The molecule has 5 heteroatoms. The average molecular weight is 261 g/mol. The Balaban J connectivity index is 2.08. The minimum Gasteiger partial charge on any atom is -0.392 e. The van der Waals surface area contributed by atoms with Crippen LogP contribution in [-0.4, -0.2) is 52.4 Å². The average Bonchev–Trinajstić information content (AvgIpc) is 2.77. The molecule has 0 aliphatic carbocycles. The maximum Gasteiger partial charge on any atom is 0.140 e. The number of aromatic nitrogens is 1. The number of aliphatic hydroxyl groups excluding tert-OH is 2. The van der Waals surface area contributed by atoms with E-state index in [-0.39, 0.29) is 6.61 Å². The lowest BCUT2D eigenvalue weighted by Crippen LogP contribution is -2.52. The SMILES string of the molecule is CN1CCN(c2c(CO)cc3ccccn23)C(O)C1. The molecule has 1 atom stereocenters. The fraction of sp³-hybridized carbons (Fsp3) is 0.429. The molecule has 0 spiro atoms. The number of hydrogen-bond donors (Lipinski definition) is 2. The standard InChI is InChI=1S/C14H19N3O2/c1-15-6-7-17(13(19)9-15)14-11(10-18)8-12-4-2-3-5-16(12)14/h2-5,8,13,18-19H,6-7,9-10H2,1H3. The van der Waals surface area contributed by atoms with Crippen molar-refractivity contribution in [3.8, 4) is 0 Å². The first-order valence-corrected chi connectivity index (χ1v) is 6.54. The van der Waals surface area contributed by atoms with Crippen molar-refractivity contribution in [2.45, 2.75) is 12.8 Å². The molecular weight excluding hydrogens is 242 g/mol. The quantitative estimate of drug-likeness (QED) is 0.826. The van der Waals surface area contributed by atoms with Crippen molar-refractivity contribution in [3.05, 3.63) is 36.0 Å². The number of piperazine rings is 1. The van der Waals surface area contributed by atoms with Gasteiger partial charge in [-0.25, -0.2) is 0 Å². The molecule has 19 heavy (non-hydrogen) atoms. The maximum absolute atomic E-state index is 10.3. The maximum atomic E-state index is 10.3. The fourth-order valence-corrected chi connectivity index (χ4v) is 2.75. The third-order valence-corrected chi connectivity index (χ3v) is 3.73. The zero-order valence-electron chi connectivity index (χ0n) is 11.0. The second kappa shape index (κ2) is 4.85. The van der Waals surface area contributed by atoms with E-state index in [4.69, 9.17) is 0 Å². The van der Waals surface area contributed by atoms with E-state index in [0.717, 1.165) is 30.0 Å². The summed E-state index contributed by atoms with van der Waals surface area (Å²) in [7, 11) is 2.00. The molecule has 1 saturated heterocycles. The van der Waals surface area contributed by atoms with Crippen LogP contribution in [0.25, 0.3) is 5.52 Å². The molecule has 0 aromatic carbocycles. The number of likely N-dealkylation sites (N-methyl/N-ethyl adjacent to an activating group) is 1. The molecule has 2 aromatic heterocycles. The summed E-state index contributed by atoms with van der Waals surface area (Å²) in [6, 6.07) is 7.91. The molecule has 3 rings (SSSR count). The second-order valence-electron chi connectivity index (χ2n) is 5.08. The summed E-state index contributed by atoms with van der Waals surface area (Å²) in [4.78, 5) is 4.08. The predicted octanol–water partition coefficient (Wildman–Crippen LogP) is 0.502. The van der Waals surface area contributed by atoms with Crippen LogP contribution < -0.4 is 4.90 Å². The van der Waals surface area contributed by atoms with Crippen LogP contribution >= 0.6 is 0 Å². The van der Waals surface area contributed by atoms with Crippen LogP contribution in [-0.2, 0) is 6.61 Å². The Hall–Kier alpha value is -1.56. The largest absolute Gasteiger partial charge is 0.392 e. The van der Waals surface area contributed by atoms with Crippen molar-refractivity contribution in [2.75, 3.05) is 31.6 Å². The summed E-state index contributed by atoms with van der Waals surface area (Å²) in [5, 5.41) is 19.8. The van der Waals surface area contributed by atoms with Crippen LogP contribution in [0, 0.1) is 0 Å². The number of pyridine rings is 1. The Morgan fingerprint density at radius 3 is 2.89 bits per heavy atom. The van der Waals surface area contributed by atoms with E-state index in [2.05, 4.69) is 4.90 Å². The Bertz CT molecular complexity index is 581. The molecule has 1 aliphatic rings. The molecule has 2 aromatic rings. The van der Waals surface area contributed by atoms with E-state index >= 15 is 0 Å². The first kappa shape index (κ1) is 12.5. The van der Waals surface area contributed by atoms with Gasteiger partial charge >= 0.3 is 0 Å². The van der Waals surface area contributed by atoms with Crippen molar-refractivity contribution < 1.29 is 10.2 Å². The van der Waals surface area contributed by atoms with Gasteiger partial charge in [-0.3, -0.25) is 0 Å². The van der Waals surface area contributed by atoms with E-state index in [9.17, 15) is 10.2 Å². The van der Waals surface area contributed by atoms with Crippen molar-refractivity contribution in [2.24, 2.45) is 0 Å². The molecule has 102 valence electrons. The number of nitrogens with zero attached hydrogens (tertiary/aromatic N) is 3. The third kappa shape index (κ3) is 2.10. The lowest BCUT2D eigenvalue weighted by Gasteiger charge is -2.38. The number of hydrogen-bond acceptors (Lipinski definition) is 4. The van der Waals surface area contributed by atoms with Crippen molar-refractivity contribution >= 4 is 11.3 Å². The van der Waals surface area contributed by atoms with Crippen LogP contribution in [0.3, 0.4) is 0 Å². The summed E-state index contributed by atoms with van der Waals surface area (Å²) in [5.74, 6) is 0.902. The summed E-state index contributed by atoms with van der Waals surface area (Å²) in [5.41, 5.74) is 1.89. The molecule has 0 amide bonds. The fourth-order valence-electron chi connectivity index (χ4n) is 2.75. The van der Waals surface area contributed by atoms with Gasteiger partial charge in [-0.15, -0.1) is 0 Å². The van der Waals surface area contributed by atoms with Gasteiger partial charge in [0.05, 0.1) is 6.61 Å². The van der Waals surface area contributed by atoms with Gasteiger partial charge in [0.15, 0.2) is 0 Å². The Kier molecular flexibility index (Phi) is 3.18. The van der Waals surface area contributed by atoms with Crippen molar-refractivity contribution in [1.82, 2.24) is 9.30 Å². The minimum atomic E-state index is -0.539. The van der Waals surface area contributed by atoms with Gasteiger partial charge in [-0.2, -0.15) is 0 Å². The van der Waals surface area contributed by atoms with E-state index < -0.39 is 6.23 Å². The molecule has 1 fully saturated rings. The Morgan fingerprint density at radius 2 is 2.16 bits per heavy atom. The molecule has 0 bridgehead atoms. The van der Waals surface area contributed by atoms with Crippen LogP contribution in [0.4, 0.5) is 5.82 Å². The van der Waals surface area contributed by atoms with Gasteiger partial charge in [-0.1, -0.05) is 6.07 Å². The number of β-amino-alcohol motifs (C(OH)–C–C–N with tert-alkyl or cyclic N) is 1. The van der Waals surface area contributed by atoms with Crippen LogP contribution in [0.15, 0.2) is 30.5 Å². The van der Waals surface area contributed by atoms with Crippen LogP contribution in [0.2, 0.25) is 0 Å². The highest BCUT2D eigenvalue weighted by molar-refractivity contribution is 5.64. The monoisotopic (exact) mass is 261 g/mol. The van der Waals surface area contributed by atoms with Crippen LogP contribution in [0.5, 0.6) is 0 Å². The zero-order valence-corrected chi connectivity index (χ0v) is 11.0. The third-order valence-electron chi connectivity index (χ3n) is 3.73. The topological polar surface area (TPSA) is 51.4 Å². The second-order valence-corrected chi connectivity index (χ2v) is 5.08. The number of aliphatic hydroxyl groups is 2. The van der Waals surface area contributed by atoms with Crippen molar-refractivity contribution in [1.29, 1.82) is 0 Å². The molecule has 3 heterocycles. The minimum absolute atomic E-state index is 0.0178. The summed E-state index contributed by atoms with van der Waals surface area (Å²) < 4.78 is 2.03. The number of rotatable bonds is 2. The first-order valence-electron chi connectivity index (χ1n) is 6.54. The van der Waals surface area contributed by atoms with Gasteiger partial charge in [-0.05, 0) is 25.2 Å². The Morgan fingerprint density at radius 1 is 1.32 bits per heavy atom. The Labute approximate surface area is 112 Å². The zero-order chi connectivity index (χ0) is 13.4. The number of anilines is 1. The molecule has 0 saturated carbocycles. The van der Waals surface area contributed by atoms with Gasteiger partial charge in [0.25, 0.3) is 0 Å². The van der Waals surface area contributed by atoms with Gasteiger partial charge in [0.1, 0.15) is 12.0 Å². The first-order chi connectivity index (χ1) is 9.20. The van der Waals surface area contributed by atoms with Gasteiger partial charge in [0, 0.05) is 36.9 Å². The van der Waals surface area contributed by atoms with Gasteiger partial charge in [0.2, 0.25) is 0 Å². The molecule has 0 radical (unpaired) electrons. The molecule has 1 aliphatic heterocycles. The molecule has 1 unspecified atom stereocenters. The lowest BCUT2D eigenvalue weighted by atomic mass is 10.2. The molecule has 2 N–H and O–H groups in total. The summed E-state index contributed by atoms with van der Waals surface area (Å²) in [6.07, 6.45) is 1.43. The van der Waals surface area contributed by atoms with E-state index in [1.807, 2.05) is 46.8 Å². The molecular formula is C14H19N3O2. The van der Waals surface area contributed by atoms with Gasteiger partial charge < -0.3 is 24.4 Å². The highest BCUT2D eigenvalue weighted by Gasteiger charge is 2.27. The summed E-state index contributed by atoms with van der Waals surface area (Å²) in [6.45, 7) is 2.26. The highest BCUT2D eigenvalue weighted by Crippen LogP contribution is 2.28. The molecule has 5 nitrogen and oxygen atoms in total. The number of fused-ring (bicyclic) bond motifs is 1. The predicted molar refractivity (Wildman–Crippen MR) is 74.2 cm³/mol. The van der Waals surface area contributed by atoms with E-state index in [1.54, 1.807) is 0 Å². The van der Waals surface area contributed by atoms with E-state index in [0.29, 0.717) is 6.54 Å². The highest BCUT2D eigenvalue weighted by atomic mass is 16.3. The van der Waals surface area contributed by atoms with Crippen molar-refractivity contribution in [3.63, 3.8) is 0 Å². The summed E-state index contributed by atoms with van der Waals surface area (Å²) >= 11 is 0.